The molecule has 0 aromatic heterocycles. The number of nitrogens with one attached hydrogen (secondary N) is 1. The molecule has 1 rings (SSSR count). The summed E-state index contributed by atoms with van der Waals surface area (Å²) in [7, 11) is 0. The maximum absolute atomic E-state index is 5.79. The van der Waals surface area contributed by atoms with Gasteiger partial charge in [0.2, 0.25) is 0 Å². The predicted molar refractivity (Wildman–Crippen MR) is 89.7 cm³/mol. The standard InChI is InChI=1S/C13H28N4.HI/c1-4-5-8-15-13(14)16-9-10-17(11(2)3)12-6-7-12;/h11-12H,4-10H2,1-3H3,(H3,14,15,16);1H. The molecule has 0 aliphatic heterocycles. The highest BCUT2D eigenvalue weighted by Crippen LogP contribution is 2.27. The topological polar surface area (TPSA) is 53.6 Å². The number of halogens is 1. The van der Waals surface area contributed by atoms with Crippen LogP contribution in [0.3, 0.4) is 0 Å². The molecular weight excluding hydrogens is 339 g/mol. The van der Waals surface area contributed by atoms with E-state index in [0.717, 1.165) is 32.1 Å². The van der Waals surface area contributed by atoms with Crippen molar-refractivity contribution >= 4 is 29.9 Å². The van der Waals surface area contributed by atoms with Crippen LogP contribution in [-0.4, -0.2) is 42.6 Å². The zero-order valence-electron chi connectivity index (χ0n) is 12.0. The Hall–Kier alpha value is -0.0400. The van der Waals surface area contributed by atoms with Crippen molar-refractivity contribution in [3.05, 3.63) is 0 Å². The van der Waals surface area contributed by atoms with Gasteiger partial charge in [0.15, 0.2) is 5.96 Å². The molecule has 0 spiro atoms. The maximum Gasteiger partial charge on any atom is 0.188 e. The summed E-state index contributed by atoms with van der Waals surface area (Å²) in [5.74, 6) is 0.595. The molecule has 0 heterocycles. The first-order valence-corrected chi connectivity index (χ1v) is 6.94. The van der Waals surface area contributed by atoms with Crippen molar-refractivity contribution < 1.29 is 0 Å². The number of hydrogen-bond acceptors (Lipinski definition) is 2. The number of rotatable bonds is 8. The number of unbranched alkanes of at least 4 members (excludes halogenated alkanes) is 1. The number of hydrogen-bond donors (Lipinski definition) is 2. The van der Waals surface area contributed by atoms with Crippen molar-refractivity contribution in [3.8, 4) is 0 Å². The zero-order chi connectivity index (χ0) is 12.7. The van der Waals surface area contributed by atoms with E-state index in [0.29, 0.717) is 12.0 Å². The Kier molecular flexibility index (Phi) is 9.81. The normalized spacial score (nSPS) is 15.9. The summed E-state index contributed by atoms with van der Waals surface area (Å²) in [6.45, 7) is 9.48. The van der Waals surface area contributed by atoms with Crippen LogP contribution in [0.15, 0.2) is 4.99 Å². The lowest BCUT2D eigenvalue weighted by molar-refractivity contribution is 0.215. The molecule has 0 unspecified atom stereocenters. The lowest BCUT2D eigenvalue weighted by atomic mass is 10.3. The van der Waals surface area contributed by atoms with Gasteiger partial charge in [-0.2, -0.15) is 0 Å². The first kappa shape index (κ1) is 18.0. The highest BCUT2D eigenvalue weighted by atomic mass is 127. The van der Waals surface area contributed by atoms with Gasteiger partial charge in [-0.3, -0.25) is 9.89 Å². The fourth-order valence-corrected chi connectivity index (χ4v) is 2.00. The van der Waals surface area contributed by atoms with Gasteiger partial charge in [0, 0.05) is 31.7 Å². The molecule has 1 fully saturated rings. The fraction of sp³-hybridized carbons (Fsp3) is 0.923. The van der Waals surface area contributed by atoms with Crippen molar-refractivity contribution in [1.29, 1.82) is 0 Å². The molecule has 18 heavy (non-hydrogen) atoms. The van der Waals surface area contributed by atoms with Crippen molar-refractivity contribution in [1.82, 2.24) is 10.2 Å². The second-order valence-corrected chi connectivity index (χ2v) is 5.11. The van der Waals surface area contributed by atoms with Crippen LogP contribution < -0.4 is 11.1 Å². The molecule has 5 heteroatoms. The highest BCUT2D eigenvalue weighted by molar-refractivity contribution is 14.0. The van der Waals surface area contributed by atoms with Gasteiger partial charge in [-0.05, 0) is 33.1 Å². The Bertz CT molecular complexity index is 237. The zero-order valence-corrected chi connectivity index (χ0v) is 14.3. The van der Waals surface area contributed by atoms with Crippen LogP contribution in [0.2, 0.25) is 0 Å². The van der Waals surface area contributed by atoms with Gasteiger partial charge in [-0.25, -0.2) is 0 Å². The largest absolute Gasteiger partial charge is 0.370 e. The quantitative estimate of drug-likeness (QED) is 0.299. The summed E-state index contributed by atoms with van der Waals surface area (Å²) in [6, 6.07) is 1.44. The Labute approximate surface area is 129 Å². The van der Waals surface area contributed by atoms with E-state index in [-0.39, 0.29) is 24.0 Å². The summed E-state index contributed by atoms with van der Waals surface area (Å²) in [6.07, 6.45) is 5.00. The van der Waals surface area contributed by atoms with E-state index in [2.05, 4.69) is 36.0 Å². The van der Waals surface area contributed by atoms with Crippen LogP contribution >= 0.6 is 24.0 Å². The van der Waals surface area contributed by atoms with Gasteiger partial charge >= 0.3 is 0 Å². The minimum atomic E-state index is 0. The van der Waals surface area contributed by atoms with Crippen LogP contribution in [0.25, 0.3) is 0 Å². The van der Waals surface area contributed by atoms with Crippen LogP contribution in [0.1, 0.15) is 46.5 Å². The Morgan fingerprint density at radius 2 is 2.11 bits per heavy atom. The lowest BCUT2D eigenvalue weighted by Crippen LogP contribution is -2.42. The van der Waals surface area contributed by atoms with E-state index in [1.807, 2.05) is 0 Å². The van der Waals surface area contributed by atoms with Gasteiger partial charge < -0.3 is 11.1 Å². The van der Waals surface area contributed by atoms with Crippen LogP contribution in [0, 0.1) is 0 Å². The van der Waals surface area contributed by atoms with Crippen molar-refractivity contribution in [2.24, 2.45) is 10.7 Å². The molecule has 108 valence electrons. The molecule has 1 saturated carbocycles. The summed E-state index contributed by atoms with van der Waals surface area (Å²) in [5, 5.41) is 3.20. The smallest absolute Gasteiger partial charge is 0.188 e. The molecule has 0 bridgehead atoms. The highest BCUT2D eigenvalue weighted by Gasteiger charge is 2.29. The lowest BCUT2D eigenvalue weighted by Gasteiger charge is -2.26. The SMILES string of the molecule is CCCCN=C(N)NCCN(C(C)C)C1CC1.I. The molecule has 3 N–H and O–H groups in total. The minimum Gasteiger partial charge on any atom is -0.370 e. The Balaban J connectivity index is 0.00000289. The molecule has 0 saturated heterocycles. The van der Waals surface area contributed by atoms with Crippen molar-refractivity contribution in [3.63, 3.8) is 0 Å². The van der Waals surface area contributed by atoms with Crippen molar-refractivity contribution in [2.75, 3.05) is 19.6 Å². The van der Waals surface area contributed by atoms with E-state index in [4.69, 9.17) is 5.73 Å². The minimum absolute atomic E-state index is 0. The monoisotopic (exact) mass is 368 g/mol. The number of nitrogens with two attached hydrogens (primary N) is 1. The number of nitrogens with zero attached hydrogens (tertiary/aromatic N) is 2. The number of aliphatic imine (C=N–C) groups is 1. The first-order chi connectivity index (χ1) is 8.15. The summed E-state index contributed by atoms with van der Waals surface area (Å²) < 4.78 is 0. The molecular formula is C13H29IN4. The molecule has 0 atom stereocenters. The Morgan fingerprint density at radius 1 is 1.44 bits per heavy atom. The van der Waals surface area contributed by atoms with E-state index in [9.17, 15) is 0 Å². The molecule has 0 aromatic rings. The molecule has 1 aliphatic carbocycles. The van der Waals surface area contributed by atoms with E-state index in [1.165, 1.54) is 19.3 Å². The van der Waals surface area contributed by atoms with Crippen LogP contribution in [0.4, 0.5) is 0 Å². The van der Waals surface area contributed by atoms with Crippen LogP contribution in [-0.2, 0) is 0 Å². The molecule has 4 nitrogen and oxygen atoms in total. The van der Waals surface area contributed by atoms with E-state index < -0.39 is 0 Å². The van der Waals surface area contributed by atoms with Gasteiger partial charge in [0.25, 0.3) is 0 Å². The van der Waals surface area contributed by atoms with Crippen LogP contribution in [0.5, 0.6) is 0 Å². The average Bonchev–Trinajstić information content (AvgIpc) is 3.08. The summed E-state index contributed by atoms with van der Waals surface area (Å²) >= 11 is 0. The van der Waals surface area contributed by atoms with E-state index >= 15 is 0 Å². The van der Waals surface area contributed by atoms with Gasteiger partial charge in [-0.15, -0.1) is 24.0 Å². The third kappa shape index (κ3) is 7.41. The summed E-state index contributed by atoms with van der Waals surface area (Å²) in [5.41, 5.74) is 5.79. The second kappa shape index (κ2) is 9.83. The average molecular weight is 368 g/mol. The Morgan fingerprint density at radius 3 is 2.61 bits per heavy atom. The second-order valence-electron chi connectivity index (χ2n) is 5.11. The third-order valence-electron chi connectivity index (χ3n) is 3.15. The predicted octanol–water partition coefficient (Wildman–Crippen LogP) is 2.18. The molecule has 0 aromatic carbocycles. The maximum atomic E-state index is 5.79. The first-order valence-electron chi connectivity index (χ1n) is 6.94. The van der Waals surface area contributed by atoms with Gasteiger partial charge in [0.05, 0.1) is 0 Å². The molecule has 1 aliphatic rings. The van der Waals surface area contributed by atoms with Crippen molar-refractivity contribution in [2.45, 2.75) is 58.5 Å². The summed E-state index contributed by atoms with van der Waals surface area (Å²) in [4.78, 5) is 6.83. The molecule has 0 radical (unpaired) electrons. The van der Waals surface area contributed by atoms with E-state index in [1.54, 1.807) is 0 Å². The fourth-order valence-electron chi connectivity index (χ4n) is 2.00. The van der Waals surface area contributed by atoms with Gasteiger partial charge in [-0.1, -0.05) is 13.3 Å². The molecule has 0 amide bonds. The number of guanidine groups is 1. The van der Waals surface area contributed by atoms with Gasteiger partial charge in [0.1, 0.15) is 0 Å². The third-order valence-corrected chi connectivity index (χ3v) is 3.15.